The van der Waals surface area contributed by atoms with Gasteiger partial charge < -0.3 is 17.2 Å². The molecule has 1 aromatic rings. The van der Waals surface area contributed by atoms with E-state index in [4.69, 9.17) is 28.8 Å². The van der Waals surface area contributed by atoms with Gasteiger partial charge in [-0.25, -0.2) is 0 Å². The summed E-state index contributed by atoms with van der Waals surface area (Å²) in [6.07, 6.45) is 0.716. The molecule has 17 heavy (non-hydrogen) atoms. The fourth-order valence-electron chi connectivity index (χ4n) is 1.16. The van der Waals surface area contributed by atoms with Crippen LogP contribution in [0.5, 0.6) is 0 Å². The van der Waals surface area contributed by atoms with Gasteiger partial charge in [0.25, 0.3) is 0 Å². The fraction of sp³-hybridized carbons (Fsp3) is 0.200. The van der Waals surface area contributed by atoms with E-state index in [9.17, 15) is 0 Å². The molecule has 92 valence electrons. The van der Waals surface area contributed by atoms with E-state index >= 15 is 0 Å². The summed E-state index contributed by atoms with van der Waals surface area (Å²) in [5.41, 5.74) is 16.8. The maximum atomic E-state index is 5.96. The molecule has 0 saturated heterocycles. The lowest BCUT2D eigenvalue weighted by Gasteiger charge is -2.01. The normalized spacial score (nSPS) is 11.3. The van der Waals surface area contributed by atoms with Gasteiger partial charge in [-0.2, -0.15) is 4.99 Å². The van der Waals surface area contributed by atoms with Crippen LogP contribution in [0.4, 0.5) is 0 Å². The smallest absolute Gasteiger partial charge is 0.218 e. The molecule has 0 aliphatic carbocycles. The van der Waals surface area contributed by atoms with Gasteiger partial charge in [-0.1, -0.05) is 17.7 Å². The van der Waals surface area contributed by atoms with Gasteiger partial charge in [0.15, 0.2) is 5.96 Å². The Balaban J connectivity index is 2.56. The van der Waals surface area contributed by atoms with Crippen molar-refractivity contribution >= 4 is 39.4 Å². The van der Waals surface area contributed by atoms with Crippen molar-refractivity contribution in [2.45, 2.75) is 6.42 Å². The van der Waals surface area contributed by atoms with Crippen molar-refractivity contribution in [3.63, 3.8) is 0 Å². The van der Waals surface area contributed by atoms with E-state index in [-0.39, 0.29) is 11.9 Å². The topological polar surface area (TPSA) is 103 Å². The standard InChI is InChI=1S/C10H13BrClN5/c11-7-2-1-6(5-8(7)12)3-4-16-10(15)17-9(13)14/h1-2,5H,3-4H2,(H6,13,14,15,16,17). The van der Waals surface area contributed by atoms with E-state index in [0.717, 1.165) is 10.0 Å². The predicted octanol–water partition coefficient (Wildman–Crippen LogP) is 1.23. The monoisotopic (exact) mass is 317 g/mol. The van der Waals surface area contributed by atoms with E-state index in [1.54, 1.807) is 0 Å². The van der Waals surface area contributed by atoms with Gasteiger partial charge in [0.05, 0.1) is 5.02 Å². The second-order valence-corrected chi connectivity index (χ2v) is 4.54. The molecule has 0 amide bonds. The minimum absolute atomic E-state index is 0.0770. The lowest BCUT2D eigenvalue weighted by atomic mass is 10.1. The van der Waals surface area contributed by atoms with Crippen molar-refractivity contribution in [2.75, 3.05) is 6.54 Å². The lowest BCUT2D eigenvalue weighted by molar-refractivity contribution is 0.962. The Bertz CT molecular complexity index is 454. The summed E-state index contributed by atoms with van der Waals surface area (Å²) in [4.78, 5) is 7.61. The average Bonchev–Trinajstić information content (AvgIpc) is 2.22. The number of nitrogens with two attached hydrogens (primary N) is 3. The zero-order valence-corrected chi connectivity index (χ0v) is 11.4. The number of rotatable bonds is 3. The minimum atomic E-state index is -0.0991. The first-order valence-corrected chi connectivity index (χ1v) is 5.99. The van der Waals surface area contributed by atoms with E-state index < -0.39 is 0 Å². The van der Waals surface area contributed by atoms with Crippen LogP contribution in [-0.2, 0) is 6.42 Å². The van der Waals surface area contributed by atoms with Crippen molar-refractivity contribution in [3.8, 4) is 0 Å². The maximum absolute atomic E-state index is 5.96. The Labute approximate surface area is 113 Å². The van der Waals surface area contributed by atoms with Gasteiger partial charge in [0, 0.05) is 11.0 Å². The first kappa shape index (κ1) is 13.8. The summed E-state index contributed by atoms with van der Waals surface area (Å²) in [7, 11) is 0. The van der Waals surface area contributed by atoms with Crippen LogP contribution < -0.4 is 17.2 Å². The summed E-state index contributed by atoms with van der Waals surface area (Å²) < 4.78 is 0.867. The predicted molar refractivity (Wildman–Crippen MR) is 75.2 cm³/mol. The third-order valence-electron chi connectivity index (χ3n) is 1.90. The molecule has 0 aromatic heterocycles. The van der Waals surface area contributed by atoms with Crippen LogP contribution in [0.15, 0.2) is 32.7 Å². The fourth-order valence-corrected chi connectivity index (χ4v) is 1.61. The SMILES string of the molecule is NC(N)=NC(N)=NCCc1ccc(Br)c(Cl)c1. The highest BCUT2D eigenvalue weighted by Crippen LogP contribution is 2.23. The van der Waals surface area contributed by atoms with Gasteiger partial charge in [-0.3, -0.25) is 4.99 Å². The lowest BCUT2D eigenvalue weighted by Crippen LogP contribution is -2.26. The van der Waals surface area contributed by atoms with Crippen LogP contribution in [-0.4, -0.2) is 18.5 Å². The number of nitrogens with zero attached hydrogens (tertiary/aromatic N) is 2. The summed E-state index contributed by atoms with van der Waals surface area (Å²) in [5.74, 6) is -0.0221. The molecule has 0 saturated carbocycles. The summed E-state index contributed by atoms with van der Waals surface area (Å²) in [6.45, 7) is 0.501. The maximum Gasteiger partial charge on any atom is 0.218 e. The third-order valence-corrected chi connectivity index (χ3v) is 3.13. The van der Waals surface area contributed by atoms with Crippen molar-refractivity contribution in [1.29, 1.82) is 0 Å². The van der Waals surface area contributed by atoms with Gasteiger partial charge in [-0.05, 0) is 40.0 Å². The van der Waals surface area contributed by atoms with Crippen LogP contribution in [0.1, 0.15) is 5.56 Å². The average molecular weight is 319 g/mol. The highest BCUT2D eigenvalue weighted by molar-refractivity contribution is 9.10. The first-order valence-electron chi connectivity index (χ1n) is 4.82. The Morgan fingerprint density at radius 1 is 1.29 bits per heavy atom. The minimum Gasteiger partial charge on any atom is -0.370 e. The molecule has 6 N–H and O–H groups in total. The van der Waals surface area contributed by atoms with Crippen molar-refractivity contribution < 1.29 is 0 Å². The van der Waals surface area contributed by atoms with Crippen molar-refractivity contribution in [3.05, 3.63) is 33.3 Å². The summed E-state index contributed by atoms with van der Waals surface area (Å²) in [6, 6.07) is 5.72. The summed E-state index contributed by atoms with van der Waals surface area (Å²) in [5, 5.41) is 0.670. The Morgan fingerprint density at radius 2 is 2.00 bits per heavy atom. The number of benzene rings is 1. The number of guanidine groups is 2. The molecule has 0 unspecified atom stereocenters. The van der Waals surface area contributed by atoms with Gasteiger partial charge in [0.1, 0.15) is 0 Å². The third kappa shape index (κ3) is 5.06. The van der Waals surface area contributed by atoms with Crippen LogP contribution in [0, 0.1) is 0 Å². The number of aliphatic imine (C=N–C) groups is 2. The Hall–Kier alpha value is -1.27. The quantitative estimate of drug-likeness (QED) is 0.577. The highest BCUT2D eigenvalue weighted by Gasteiger charge is 1.99. The highest BCUT2D eigenvalue weighted by atomic mass is 79.9. The van der Waals surface area contributed by atoms with Crippen LogP contribution in [0.3, 0.4) is 0 Å². The number of hydrogen-bond acceptors (Lipinski definition) is 1. The zero-order chi connectivity index (χ0) is 12.8. The van der Waals surface area contributed by atoms with E-state index in [1.807, 2.05) is 18.2 Å². The zero-order valence-electron chi connectivity index (χ0n) is 9.03. The molecule has 0 heterocycles. The Morgan fingerprint density at radius 3 is 2.59 bits per heavy atom. The number of halogens is 2. The molecule has 7 heteroatoms. The second-order valence-electron chi connectivity index (χ2n) is 3.28. The largest absolute Gasteiger partial charge is 0.370 e. The molecule has 0 fully saturated rings. The van der Waals surface area contributed by atoms with Crippen molar-refractivity contribution in [2.24, 2.45) is 27.2 Å². The first-order chi connectivity index (χ1) is 7.99. The van der Waals surface area contributed by atoms with Crippen molar-refractivity contribution in [1.82, 2.24) is 0 Å². The second kappa shape index (κ2) is 6.46. The van der Waals surface area contributed by atoms with Crippen LogP contribution in [0.25, 0.3) is 0 Å². The van der Waals surface area contributed by atoms with E-state index in [2.05, 4.69) is 25.9 Å². The van der Waals surface area contributed by atoms with E-state index in [0.29, 0.717) is 18.0 Å². The Kier molecular flexibility index (Phi) is 5.24. The molecular formula is C10H13BrClN5. The molecule has 0 aliphatic heterocycles. The van der Waals surface area contributed by atoms with Gasteiger partial charge >= 0.3 is 0 Å². The molecule has 0 spiro atoms. The van der Waals surface area contributed by atoms with Crippen LogP contribution in [0.2, 0.25) is 5.02 Å². The molecule has 0 radical (unpaired) electrons. The molecule has 0 aliphatic rings. The van der Waals surface area contributed by atoms with Crippen LogP contribution >= 0.6 is 27.5 Å². The molecule has 0 atom stereocenters. The van der Waals surface area contributed by atoms with Gasteiger partial charge in [-0.15, -0.1) is 0 Å². The number of hydrogen-bond donors (Lipinski definition) is 3. The molecular weight excluding hydrogens is 306 g/mol. The molecule has 0 bridgehead atoms. The molecule has 1 aromatic carbocycles. The summed E-state index contributed by atoms with van der Waals surface area (Å²) >= 11 is 9.28. The van der Waals surface area contributed by atoms with Gasteiger partial charge in [0.2, 0.25) is 5.96 Å². The van der Waals surface area contributed by atoms with E-state index in [1.165, 1.54) is 0 Å². The molecule has 5 nitrogen and oxygen atoms in total. The molecule has 1 rings (SSSR count).